The van der Waals surface area contributed by atoms with E-state index in [1.165, 1.54) is 0 Å². The highest BCUT2D eigenvalue weighted by atomic mass is 16.5. The van der Waals surface area contributed by atoms with Crippen molar-refractivity contribution in [3.63, 3.8) is 0 Å². The van der Waals surface area contributed by atoms with E-state index in [2.05, 4.69) is 17.6 Å². The zero-order chi connectivity index (χ0) is 16.0. The second-order valence-corrected chi connectivity index (χ2v) is 6.89. The van der Waals surface area contributed by atoms with Crippen LogP contribution in [-0.4, -0.2) is 31.2 Å². The summed E-state index contributed by atoms with van der Waals surface area (Å²) in [6.07, 6.45) is 8.34. The van der Waals surface area contributed by atoms with Gasteiger partial charge in [-0.25, -0.2) is 4.79 Å². The van der Waals surface area contributed by atoms with Crippen LogP contribution in [0.3, 0.4) is 0 Å². The first-order valence-electron chi connectivity index (χ1n) is 8.79. The molecule has 0 aromatic rings. The van der Waals surface area contributed by atoms with Crippen LogP contribution < -0.4 is 10.6 Å². The van der Waals surface area contributed by atoms with Crippen molar-refractivity contribution >= 4 is 12.0 Å². The SMILES string of the molecule is CCCCNC(=O)NC1CCC2(CC1)CC(C(=O)OCC)C2. The zero-order valence-electron chi connectivity index (χ0n) is 14.0. The number of carbonyl (C=O) groups excluding carboxylic acids is 2. The van der Waals surface area contributed by atoms with Gasteiger partial charge in [0.25, 0.3) is 0 Å². The molecule has 0 saturated heterocycles. The molecule has 0 heterocycles. The zero-order valence-corrected chi connectivity index (χ0v) is 14.0. The Labute approximate surface area is 133 Å². The number of rotatable bonds is 6. The second-order valence-electron chi connectivity index (χ2n) is 6.89. The Balaban J connectivity index is 1.64. The van der Waals surface area contributed by atoms with Gasteiger partial charge in [-0.15, -0.1) is 0 Å². The molecular weight excluding hydrogens is 280 g/mol. The topological polar surface area (TPSA) is 67.4 Å². The van der Waals surface area contributed by atoms with Crippen LogP contribution in [0, 0.1) is 11.3 Å². The van der Waals surface area contributed by atoms with E-state index in [1.54, 1.807) is 0 Å². The van der Waals surface area contributed by atoms with Gasteiger partial charge in [-0.2, -0.15) is 0 Å². The molecule has 0 aliphatic heterocycles. The molecule has 2 N–H and O–H groups in total. The molecule has 0 atom stereocenters. The van der Waals surface area contributed by atoms with E-state index in [9.17, 15) is 9.59 Å². The van der Waals surface area contributed by atoms with E-state index >= 15 is 0 Å². The Kier molecular flexibility index (Phi) is 6.09. The molecule has 0 unspecified atom stereocenters. The van der Waals surface area contributed by atoms with Crippen LogP contribution in [0.1, 0.15) is 65.2 Å². The summed E-state index contributed by atoms with van der Waals surface area (Å²) in [6.45, 7) is 5.19. The average Bonchev–Trinajstić information content (AvgIpc) is 2.46. The lowest BCUT2D eigenvalue weighted by molar-refractivity contribution is -0.158. The summed E-state index contributed by atoms with van der Waals surface area (Å²) < 4.78 is 5.10. The number of amides is 2. The molecule has 5 heteroatoms. The van der Waals surface area contributed by atoms with E-state index < -0.39 is 0 Å². The summed E-state index contributed by atoms with van der Waals surface area (Å²) >= 11 is 0. The lowest BCUT2D eigenvalue weighted by Gasteiger charge is -2.50. The van der Waals surface area contributed by atoms with Crippen molar-refractivity contribution in [2.75, 3.05) is 13.2 Å². The molecule has 2 rings (SSSR count). The molecule has 2 amide bonds. The van der Waals surface area contributed by atoms with Crippen molar-refractivity contribution in [3.05, 3.63) is 0 Å². The minimum atomic E-state index is -0.0348. The molecule has 0 bridgehead atoms. The molecule has 0 aromatic heterocycles. The van der Waals surface area contributed by atoms with Gasteiger partial charge in [-0.1, -0.05) is 13.3 Å². The lowest BCUT2D eigenvalue weighted by atomic mass is 9.55. The highest BCUT2D eigenvalue weighted by Crippen LogP contribution is 2.55. The number of unbranched alkanes of at least 4 members (excludes halogenated alkanes) is 1. The van der Waals surface area contributed by atoms with E-state index in [0.29, 0.717) is 12.0 Å². The number of carbonyl (C=O) groups is 2. The smallest absolute Gasteiger partial charge is 0.315 e. The largest absolute Gasteiger partial charge is 0.466 e. The van der Waals surface area contributed by atoms with Crippen LogP contribution in [0.5, 0.6) is 0 Å². The maximum atomic E-state index is 11.8. The molecule has 2 saturated carbocycles. The summed E-state index contributed by atoms with van der Waals surface area (Å²) in [5.41, 5.74) is 0.342. The second kappa shape index (κ2) is 7.84. The predicted molar refractivity (Wildman–Crippen MR) is 85.5 cm³/mol. The predicted octanol–water partition coefficient (Wildman–Crippen LogP) is 2.99. The summed E-state index contributed by atoms with van der Waals surface area (Å²) in [7, 11) is 0. The summed E-state index contributed by atoms with van der Waals surface area (Å²) in [6, 6.07) is 0.251. The maximum absolute atomic E-state index is 11.8. The maximum Gasteiger partial charge on any atom is 0.315 e. The molecule has 0 aromatic carbocycles. The fraction of sp³-hybridized carbons (Fsp3) is 0.882. The summed E-state index contributed by atoms with van der Waals surface area (Å²) in [5.74, 6) is 0.0884. The molecule has 126 valence electrons. The first kappa shape index (κ1) is 17.1. The first-order valence-corrected chi connectivity index (χ1v) is 8.79. The number of hydrogen-bond acceptors (Lipinski definition) is 3. The Morgan fingerprint density at radius 1 is 1.18 bits per heavy atom. The number of nitrogens with one attached hydrogen (secondary N) is 2. The van der Waals surface area contributed by atoms with Crippen LogP contribution in [0.2, 0.25) is 0 Å². The third-order valence-corrected chi connectivity index (χ3v) is 5.18. The third kappa shape index (κ3) is 4.37. The number of urea groups is 1. The van der Waals surface area contributed by atoms with E-state index in [-0.39, 0.29) is 24.0 Å². The highest BCUT2D eigenvalue weighted by molar-refractivity contribution is 5.74. The minimum Gasteiger partial charge on any atom is -0.466 e. The molecule has 2 aliphatic carbocycles. The summed E-state index contributed by atoms with van der Waals surface area (Å²) in [4.78, 5) is 23.5. The van der Waals surface area contributed by atoms with Gasteiger partial charge >= 0.3 is 12.0 Å². The van der Waals surface area contributed by atoms with Crippen molar-refractivity contribution in [1.29, 1.82) is 0 Å². The van der Waals surface area contributed by atoms with Gasteiger partial charge in [0, 0.05) is 12.6 Å². The van der Waals surface area contributed by atoms with Crippen LogP contribution in [0.15, 0.2) is 0 Å². The Bertz CT molecular complexity index is 381. The van der Waals surface area contributed by atoms with Crippen molar-refractivity contribution in [3.8, 4) is 0 Å². The molecule has 2 aliphatic rings. The quantitative estimate of drug-likeness (QED) is 0.585. The van der Waals surface area contributed by atoms with Crippen molar-refractivity contribution < 1.29 is 14.3 Å². The van der Waals surface area contributed by atoms with Gasteiger partial charge in [0.05, 0.1) is 12.5 Å². The van der Waals surface area contributed by atoms with Crippen molar-refractivity contribution in [2.45, 2.75) is 71.3 Å². The summed E-state index contributed by atoms with van der Waals surface area (Å²) in [5, 5.41) is 5.98. The molecular formula is C17H30N2O3. The molecule has 2 fully saturated rings. The highest BCUT2D eigenvalue weighted by Gasteiger charge is 2.49. The third-order valence-electron chi connectivity index (χ3n) is 5.18. The van der Waals surface area contributed by atoms with Gasteiger partial charge in [-0.05, 0) is 57.3 Å². The molecule has 1 spiro atoms. The van der Waals surface area contributed by atoms with Crippen molar-refractivity contribution in [1.82, 2.24) is 10.6 Å². The number of esters is 1. The molecule has 0 radical (unpaired) electrons. The standard InChI is InChI=1S/C17H30N2O3/c1-3-5-10-18-16(21)19-14-6-8-17(9-7-14)11-13(12-17)15(20)22-4-2/h13-14H,3-12H2,1-2H3,(H2,18,19,21). The number of hydrogen-bond donors (Lipinski definition) is 2. The van der Waals surface area contributed by atoms with Gasteiger partial charge in [0.15, 0.2) is 0 Å². The average molecular weight is 310 g/mol. The molecule has 22 heavy (non-hydrogen) atoms. The Morgan fingerprint density at radius 2 is 1.86 bits per heavy atom. The van der Waals surface area contributed by atoms with E-state index in [1.807, 2.05) is 6.92 Å². The lowest BCUT2D eigenvalue weighted by Crippen LogP contribution is -2.49. The molecule has 5 nitrogen and oxygen atoms in total. The van der Waals surface area contributed by atoms with Crippen LogP contribution >= 0.6 is 0 Å². The monoisotopic (exact) mass is 310 g/mol. The Hall–Kier alpha value is -1.26. The van der Waals surface area contributed by atoms with Gasteiger partial charge in [0.2, 0.25) is 0 Å². The van der Waals surface area contributed by atoms with Crippen molar-refractivity contribution in [2.24, 2.45) is 11.3 Å². The Morgan fingerprint density at radius 3 is 2.45 bits per heavy atom. The van der Waals surface area contributed by atoms with Gasteiger partial charge in [0.1, 0.15) is 0 Å². The van der Waals surface area contributed by atoms with E-state index in [0.717, 1.165) is 57.9 Å². The van der Waals surface area contributed by atoms with E-state index in [4.69, 9.17) is 4.74 Å². The minimum absolute atomic E-state index is 0.0244. The normalized spacial score (nSPS) is 30.5. The number of ether oxygens (including phenoxy) is 1. The van der Waals surface area contributed by atoms with Gasteiger partial charge < -0.3 is 15.4 Å². The van der Waals surface area contributed by atoms with Gasteiger partial charge in [-0.3, -0.25) is 4.79 Å². The fourth-order valence-corrected chi connectivity index (χ4v) is 3.81. The first-order chi connectivity index (χ1) is 10.6. The fourth-order valence-electron chi connectivity index (χ4n) is 3.81. The van der Waals surface area contributed by atoms with Crippen LogP contribution in [0.25, 0.3) is 0 Å². The van der Waals surface area contributed by atoms with Crippen LogP contribution in [0.4, 0.5) is 4.79 Å². The van der Waals surface area contributed by atoms with Crippen LogP contribution in [-0.2, 0) is 9.53 Å².